The van der Waals surface area contributed by atoms with Crippen LogP contribution in [0.25, 0.3) is 0 Å². The van der Waals surface area contributed by atoms with Gasteiger partial charge in [-0.2, -0.15) is 0 Å². The van der Waals surface area contributed by atoms with Gasteiger partial charge in [-0.1, -0.05) is 6.07 Å². The molecule has 0 fully saturated rings. The van der Waals surface area contributed by atoms with Gasteiger partial charge in [0.1, 0.15) is 5.82 Å². The van der Waals surface area contributed by atoms with Crippen molar-refractivity contribution in [3.05, 3.63) is 46.3 Å². The smallest absolute Gasteiger partial charge is 0.254 e. The van der Waals surface area contributed by atoms with Crippen molar-refractivity contribution in [3.8, 4) is 0 Å². The van der Waals surface area contributed by atoms with Crippen molar-refractivity contribution in [3.63, 3.8) is 0 Å². The summed E-state index contributed by atoms with van der Waals surface area (Å²) >= 11 is 1.76. The number of anilines is 1. The third-order valence-electron chi connectivity index (χ3n) is 2.90. The molecule has 20 heavy (non-hydrogen) atoms. The summed E-state index contributed by atoms with van der Waals surface area (Å²) in [4.78, 5) is 18.9. The van der Waals surface area contributed by atoms with Crippen LogP contribution in [0.3, 0.4) is 0 Å². The molecule has 1 unspecified atom stereocenters. The van der Waals surface area contributed by atoms with Gasteiger partial charge in [-0.15, -0.1) is 11.3 Å². The Kier molecular flexibility index (Phi) is 4.74. The fourth-order valence-corrected chi connectivity index (χ4v) is 2.73. The van der Waals surface area contributed by atoms with Crippen molar-refractivity contribution in [1.29, 1.82) is 0 Å². The van der Waals surface area contributed by atoms with E-state index < -0.39 is 0 Å². The highest BCUT2D eigenvalue weighted by molar-refractivity contribution is 7.09. The highest BCUT2D eigenvalue weighted by atomic mass is 32.1. The van der Waals surface area contributed by atoms with E-state index in [2.05, 4.69) is 34.7 Å². The van der Waals surface area contributed by atoms with Gasteiger partial charge in [0.15, 0.2) is 0 Å². The number of nitrogens with zero attached hydrogens (tertiary/aromatic N) is 2. The largest absolute Gasteiger partial charge is 0.367 e. The van der Waals surface area contributed by atoms with E-state index in [0.717, 1.165) is 12.2 Å². The second kappa shape index (κ2) is 6.52. The Hall–Kier alpha value is -1.88. The minimum Gasteiger partial charge on any atom is -0.367 e. The van der Waals surface area contributed by atoms with E-state index in [1.54, 1.807) is 42.6 Å². The zero-order valence-electron chi connectivity index (χ0n) is 12.0. The zero-order valence-corrected chi connectivity index (χ0v) is 12.8. The van der Waals surface area contributed by atoms with E-state index in [1.807, 2.05) is 6.07 Å². The average molecular weight is 289 g/mol. The van der Waals surface area contributed by atoms with Crippen molar-refractivity contribution >= 4 is 23.1 Å². The molecule has 0 bridgehead atoms. The van der Waals surface area contributed by atoms with Crippen LogP contribution in [0.15, 0.2) is 35.8 Å². The molecule has 2 heterocycles. The zero-order chi connectivity index (χ0) is 14.5. The maximum Gasteiger partial charge on any atom is 0.254 e. The first-order valence-corrected chi connectivity index (χ1v) is 7.41. The molecule has 1 amide bonds. The van der Waals surface area contributed by atoms with E-state index in [1.165, 1.54) is 4.88 Å². The molecule has 0 spiro atoms. The van der Waals surface area contributed by atoms with Crippen LogP contribution in [0.2, 0.25) is 0 Å². The van der Waals surface area contributed by atoms with Crippen molar-refractivity contribution < 1.29 is 4.79 Å². The number of hydrogen-bond donors (Lipinski definition) is 1. The molecule has 2 aromatic heterocycles. The minimum absolute atomic E-state index is 0.0318. The first-order valence-electron chi connectivity index (χ1n) is 6.53. The average Bonchev–Trinajstić information content (AvgIpc) is 2.91. The van der Waals surface area contributed by atoms with Gasteiger partial charge in [0.05, 0.1) is 5.56 Å². The lowest BCUT2D eigenvalue weighted by Crippen LogP contribution is -2.22. The van der Waals surface area contributed by atoms with E-state index in [0.29, 0.717) is 11.6 Å². The molecule has 1 N–H and O–H groups in total. The lowest BCUT2D eigenvalue weighted by molar-refractivity contribution is 0.0827. The van der Waals surface area contributed by atoms with E-state index in [-0.39, 0.29) is 5.91 Å². The van der Waals surface area contributed by atoms with Crippen LogP contribution in [0.5, 0.6) is 0 Å². The summed E-state index contributed by atoms with van der Waals surface area (Å²) in [6.07, 6.45) is 2.58. The molecule has 0 saturated carbocycles. The summed E-state index contributed by atoms with van der Waals surface area (Å²) in [5.74, 6) is 0.764. The van der Waals surface area contributed by atoms with Gasteiger partial charge in [0.25, 0.3) is 5.91 Å². The quantitative estimate of drug-likeness (QED) is 0.920. The van der Waals surface area contributed by atoms with Crippen molar-refractivity contribution in [2.45, 2.75) is 19.4 Å². The van der Waals surface area contributed by atoms with Gasteiger partial charge in [-0.05, 0) is 30.5 Å². The lowest BCUT2D eigenvalue weighted by atomic mass is 10.2. The molecule has 5 heteroatoms. The van der Waals surface area contributed by atoms with Gasteiger partial charge in [0, 0.05) is 37.6 Å². The number of thiophene rings is 1. The summed E-state index contributed by atoms with van der Waals surface area (Å²) in [5, 5.41) is 5.43. The molecule has 0 aliphatic rings. The van der Waals surface area contributed by atoms with Crippen LogP contribution in [0, 0.1) is 0 Å². The summed E-state index contributed by atoms with van der Waals surface area (Å²) in [5.41, 5.74) is 0.603. The van der Waals surface area contributed by atoms with Crippen LogP contribution in [0.1, 0.15) is 22.2 Å². The molecular weight excluding hydrogens is 270 g/mol. The molecule has 2 aromatic rings. The predicted molar refractivity (Wildman–Crippen MR) is 83.4 cm³/mol. The van der Waals surface area contributed by atoms with Crippen molar-refractivity contribution in [1.82, 2.24) is 9.88 Å². The monoisotopic (exact) mass is 289 g/mol. The molecule has 4 nitrogen and oxygen atoms in total. The first-order chi connectivity index (χ1) is 9.56. The van der Waals surface area contributed by atoms with Gasteiger partial charge in [-0.25, -0.2) is 4.98 Å². The van der Waals surface area contributed by atoms with E-state index in [4.69, 9.17) is 0 Å². The summed E-state index contributed by atoms with van der Waals surface area (Å²) < 4.78 is 0. The van der Waals surface area contributed by atoms with Gasteiger partial charge in [0.2, 0.25) is 0 Å². The lowest BCUT2D eigenvalue weighted by Gasteiger charge is -2.14. The van der Waals surface area contributed by atoms with Crippen LogP contribution < -0.4 is 5.32 Å². The SMILES string of the molecule is CC(Cc1cccs1)Nc1ccc(C(=O)N(C)C)cn1. The third-order valence-corrected chi connectivity index (χ3v) is 3.80. The van der Waals surface area contributed by atoms with Crippen molar-refractivity contribution in [2.24, 2.45) is 0 Å². The molecule has 0 aromatic carbocycles. The molecular formula is C15H19N3OS. The number of carbonyl (C=O) groups excluding carboxylic acids is 1. The Morgan fingerprint density at radius 1 is 1.40 bits per heavy atom. The number of amides is 1. The molecule has 0 radical (unpaired) electrons. The van der Waals surface area contributed by atoms with Gasteiger partial charge in [-0.3, -0.25) is 4.79 Å². The Morgan fingerprint density at radius 2 is 2.20 bits per heavy atom. The van der Waals surface area contributed by atoms with Crippen LogP contribution in [-0.2, 0) is 6.42 Å². The fourth-order valence-electron chi connectivity index (χ4n) is 1.90. The number of hydrogen-bond acceptors (Lipinski definition) is 4. The number of carbonyl (C=O) groups is 1. The highest BCUT2D eigenvalue weighted by Crippen LogP contribution is 2.14. The minimum atomic E-state index is -0.0318. The number of pyridine rings is 1. The van der Waals surface area contributed by atoms with Crippen LogP contribution in [0.4, 0.5) is 5.82 Å². The van der Waals surface area contributed by atoms with Gasteiger partial charge < -0.3 is 10.2 Å². The third kappa shape index (κ3) is 3.81. The van der Waals surface area contributed by atoms with E-state index >= 15 is 0 Å². The molecule has 0 aliphatic heterocycles. The maximum absolute atomic E-state index is 11.8. The molecule has 1 atom stereocenters. The van der Waals surface area contributed by atoms with Crippen LogP contribution >= 0.6 is 11.3 Å². The molecule has 2 rings (SSSR count). The fraction of sp³-hybridized carbons (Fsp3) is 0.333. The number of rotatable bonds is 5. The second-order valence-electron chi connectivity index (χ2n) is 4.96. The summed E-state index contributed by atoms with van der Waals surface area (Å²) in [6.45, 7) is 2.13. The Morgan fingerprint density at radius 3 is 2.75 bits per heavy atom. The number of aromatic nitrogens is 1. The summed E-state index contributed by atoms with van der Waals surface area (Å²) in [6, 6.07) is 8.15. The molecule has 0 saturated heterocycles. The Balaban J connectivity index is 1.95. The number of nitrogens with one attached hydrogen (secondary N) is 1. The van der Waals surface area contributed by atoms with Crippen LogP contribution in [-0.4, -0.2) is 35.9 Å². The van der Waals surface area contributed by atoms with Crippen molar-refractivity contribution in [2.75, 3.05) is 19.4 Å². The predicted octanol–water partition coefficient (Wildman–Crippen LogP) is 2.89. The summed E-state index contributed by atoms with van der Waals surface area (Å²) in [7, 11) is 3.47. The second-order valence-corrected chi connectivity index (χ2v) is 5.99. The molecule has 106 valence electrons. The first kappa shape index (κ1) is 14.5. The standard InChI is InChI=1S/C15H19N3OS/c1-11(9-13-5-4-8-20-13)17-14-7-6-12(10-16-14)15(19)18(2)3/h4-8,10-11H,9H2,1-3H3,(H,16,17). The Bertz CT molecular complexity index is 549. The Labute approximate surface area is 123 Å². The normalized spacial score (nSPS) is 11.9. The molecule has 0 aliphatic carbocycles. The van der Waals surface area contributed by atoms with E-state index in [9.17, 15) is 4.79 Å². The van der Waals surface area contributed by atoms with Gasteiger partial charge >= 0.3 is 0 Å². The maximum atomic E-state index is 11.8. The highest BCUT2D eigenvalue weighted by Gasteiger charge is 2.09. The topological polar surface area (TPSA) is 45.2 Å².